The monoisotopic (exact) mass is 418 g/mol. The number of carboxylic acid groups (broad SMARTS) is 1. The summed E-state index contributed by atoms with van der Waals surface area (Å²) in [5.74, 6) is -0.195. The van der Waals surface area contributed by atoms with E-state index in [1.807, 2.05) is 30.3 Å². The first-order chi connectivity index (χ1) is 15.0. The van der Waals surface area contributed by atoms with Crippen LogP contribution in [0, 0.1) is 0 Å². The summed E-state index contributed by atoms with van der Waals surface area (Å²) < 4.78 is 11.2. The molecule has 0 fully saturated rings. The first-order valence-corrected chi connectivity index (χ1v) is 9.54. The molecule has 0 saturated heterocycles. The lowest BCUT2D eigenvalue weighted by atomic mass is 10.1. The van der Waals surface area contributed by atoms with Crippen LogP contribution in [0.1, 0.15) is 27.0 Å². The van der Waals surface area contributed by atoms with Gasteiger partial charge in [-0.3, -0.25) is 4.79 Å². The minimum atomic E-state index is -0.987. The fraction of sp³-hybridized carbons (Fsp3) is 0.125. The van der Waals surface area contributed by atoms with E-state index in [1.54, 1.807) is 36.4 Å². The molecule has 2 N–H and O–H groups in total. The van der Waals surface area contributed by atoms with Gasteiger partial charge < -0.3 is 14.6 Å². The number of methoxy groups -OCH3 is 1. The van der Waals surface area contributed by atoms with Crippen LogP contribution in [0.15, 0.2) is 77.9 Å². The van der Waals surface area contributed by atoms with E-state index >= 15 is 0 Å². The van der Waals surface area contributed by atoms with Gasteiger partial charge in [0.05, 0.1) is 25.3 Å². The summed E-state index contributed by atoms with van der Waals surface area (Å²) in [7, 11) is 1.52. The van der Waals surface area contributed by atoms with Crippen LogP contribution in [0.5, 0.6) is 11.5 Å². The Morgan fingerprint density at radius 1 is 0.968 bits per heavy atom. The Labute approximate surface area is 179 Å². The second kappa shape index (κ2) is 10.6. The molecule has 0 spiro atoms. The predicted octanol–water partition coefficient (Wildman–Crippen LogP) is 3.67. The second-order valence-electron chi connectivity index (χ2n) is 6.66. The van der Waals surface area contributed by atoms with Crippen LogP contribution < -0.4 is 14.9 Å². The van der Waals surface area contributed by atoms with Gasteiger partial charge in [-0.2, -0.15) is 5.10 Å². The van der Waals surface area contributed by atoms with E-state index in [0.29, 0.717) is 11.5 Å². The van der Waals surface area contributed by atoms with Gasteiger partial charge in [-0.1, -0.05) is 42.5 Å². The van der Waals surface area contributed by atoms with Gasteiger partial charge >= 0.3 is 5.97 Å². The minimum absolute atomic E-state index is 0.195. The number of carboxylic acids is 1. The van der Waals surface area contributed by atoms with Crippen LogP contribution in [-0.2, 0) is 17.8 Å². The molecule has 31 heavy (non-hydrogen) atoms. The van der Waals surface area contributed by atoms with Crippen LogP contribution in [0.2, 0.25) is 0 Å². The topological polar surface area (TPSA) is 97.2 Å². The van der Waals surface area contributed by atoms with Gasteiger partial charge in [0.2, 0.25) is 5.91 Å². The Hall–Kier alpha value is -4.13. The fourth-order valence-corrected chi connectivity index (χ4v) is 2.84. The lowest BCUT2D eigenvalue weighted by molar-refractivity contribution is -0.120. The van der Waals surface area contributed by atoms with E-state index in [1.165, 1.54) is 19.4 Å². The van der Waals surface area contributed by atoms with E-state index in [9.17, 15) is 9.59 Å². The number of carbonyl (C=O) groups is 2. The molecule has 158 valence electrons. The number of carbonyl (C=O) groups excluding carboxylic acids is 1. The van der Waals surface area contributed by atoms with Crippen molar-refractivity contribution in [3.63, 3.8) is 0 Å². The van der Waals surface area contributed by atoms with Crippen LogP contribution in [0.4, 0.5) is 0 Å². The molecular weight excluding hydrogens is 396 g/mol. The van der Waals surface area contributed by atoms with Crippen LogP contribution in [0.25, 0.3) is 0 Å². The van der Waals surface area contributed by atoms with Gasteiger partial charge in [-0.25, -0.2) is 10.2 Å². The highest BCUT2D eigenvalue weighted by Crippen LogP contribution is 2.28. The maximum atomic E-state index is 12.0. The summed E-state index contributed by atoms with van der Waals surface area (Å²) in [5.41, 5.74) is 5.07. The van der Waals surface area contributed by atoms with Crippen molar-refractivity contribution in [3.8, 4) is 11.5 Å². The van der Waals surface area contributed by atoms with Crippen molar-refractivity contribution in [2.45, 2.75) is 13.0 Å². The summed E-state index contributed by atoms with van der Waals surface area (Å²) in [6, 6.07) is 21.2. The van der Waals surface area contributed by atoms with E-state index in [0.717, 1.165) is 16.7 Å². The highest BCUT2D eigenvalue weighted by molar-refractivity contribution is 5.87. The number of rotatable bonds is 9. The molecule has 0 aliphatic carbocycles. The minimum Gasteiger partial charge on any atom is -0.493 e. The third kappa shape index (κ3) is 6.43. The Morgan fingerprint density at radius 3 is 2.48 bits per heavy atom. The van der Waals surface area contributed by atoms with Crippen molar-refractivity contribution in [2.75, 3.05) is 7.11 Å². The summed E-state index contributed by atoms with van der Waals surface area (Å²) >= 11 is 0. The molecule has 0 heterocycles. The molecule has 0 aliphatic heterocycles. The van der Waals surface area contributed by atoms with Gasteiger partial charge in [-0.05, 0) is 47.0 Å². The van der Waals surface area contributed by atoms with Gasteiger partial charge in [-0.15, -0.1) is 0 Å². The highest BCUT2D eigenvalue weighted by Gasteiger charge is 2.08. The van der Waals surface area contributed by atoms with Crippen LogP contribution in [-0.4, -0.2) is 30.3 Å². The Balaban J connectivity index is 1.59. The van der Waals surface area contributed by atoms with Crippen LogP contribution >= 0.6 is 0 Å². The molecular formula is C24H22N2O5. The van der Waals surface area contributed by atoms with Gasteiger partial charge in [0.25, 0.3) is 0 Å². The number of aromatic carboxylic acids is 1. The fourth-order valence-electron chi connectivity index (χ4n) is 2.84. The maximum Gasteiger partial charge on any atom is 0.335 e. The van der Waals surface area contributed by atoms with Gasteiger partial charge in [0.1, 0.15) is 6.61 Å². The molecule has 3 aromatic rings. The Bertz CT molecular complexity index is 1080. The largest absolute Gasteiger partial charge is 0.493 e. The van der Waals surface area contributed by atoms with Gasteiger partial charge in [0, 0.05) is 0 Å². The second-order valence-corrected chi connectivity index (χ2v) is 6.66. The molecule has 0 atom stereocenters. The predicted molar refractivity (Wildman–Crippen MR) is 117 cm³/mol. The van der Waals surface area contributed by atoms with Crippen molar-refractivity contribution in [1.82, 2.24) is 5.43 Å². The third-order valence-corrected chi connectivity index (χ3v) is 4.37. The average Bonchev–Trinajstić information content (AvgIpc) is 2.79. The number of ether oxygens (including phenoxy) is 2. The summed E-state index contributed by atoms with van der Waals surface area (Å²) in [6.07, 6.45) is 1.77. The smallest absolute Gasteiger partial charge is 0.335 e. The number of amides is 1. The normalized spacial score (nSPS) is 10.6. The molecule has 0 unspecified atom stereocenters. The van der Waals surface area contributed by atoms with E-state index < -0.39 is 5.97 Å². The lowest BCUT2D eigenvalue weighted by Crippen LogP contribution is -2.19. The number of benzene rings is 3. The van der Waals surface area contributed by atoms with E-state index in [2.05, 4.69) is 10.5 Å². The molecule has 7 nitrogen and oxygen atoms in total. The van der Waals surface area contributed by atoms with Crippen molar-refractivity contribution in [2.24, 2.45) is 5.10 Å². The van der Waals surface area contributed by atoms with Crippen molar-refractivity contribution in [1.29, 1.82) is 0 Å². The SMILES string of the molecule is COc1cc(/C=N\NC(=O)Cc2ccccc2)ccc1OCc1cccc(C(=O)O)c1. The zero-order chi connectivity index (χ0) is 22.1. The summed E-state index contributed by atoms with van der Waals surface area (Å²) in [4.78, 5) is 23.0. The molecule has 3 rings (SSSR count). The molecule has 0 aromatic heterocycles. The zero-order valence-electron chi connectivity index (χ0n) is 16.9. The number of nitrogens with zero attached hydrogens (tertiary/aromatic N) is 1. The quantitative estimate of drug-likeness (QED) is 0.408. The Kier molecular flexibility index (Phi) is 7.37. The maximum absolute atomic E-state index is 12.0. The zero-order valence-corrected chi connectivity index (χ0v) is 16.9. The Morgan fingerprint density at radius 2 is 1.74 bits per heavy atom. The number of hydrogen-bond donors (Lipinski definition) is 2. The van der Waals surface area contributed by atoms with E-state index in [4.69, 9.17) is 14.6 Å². The van der Waals surface area contributed by atoms with E-state index in [-0.39, 0.29) is 24.5 Å². The van der Waals surface area contributed by atoms with Crippen molar-refractivity contribution < 1.29 is 24.2 Å². The first-order valence-electron chi connectivity index (χ1n) is 9.54. The van der Waals surface area contributed by atoms with Crippen molar-refractivity contribution in [3.05, 3.63) is 95.1 Å². The molecule has 3 aromatic carbocycles. The number of hydrazone groups is 1. The van der Waals surface area contributed by atoms with Crippen LogP contribution in [0.3, 0.4) is 0 Å². The third-order valence-electron chi connectivity index (χ3n) is 4.37. The molecule has 7 heteroatoms. The van der Waals surface area contributed by atoms with Crippen molar-refractivity contribution >= 4 is 18.1 Å². The number of hydrogen-bond acceptors (Lipinski definition) is 5. The average molecular weight is 418 g/mol. The molecule has 0 radical (unpaired) electrons. The molecule has 1 amide bonds. The number of nitrogens with one attached hydrogen (secondary N) is 1. The van der Waals surface area contributed by atoms with Gasteiger partial charge in [0.15, 0.2) is 11.5 Å². The molecule has 0 bridgehead atoms. The first kappa shape index (κ1) is 21.6. The standard InChI is InChI=1S/C24H22N2O5/c1-30-22-13-18(15-25-26-23(27)14-17-6-3-2-4-7-17)10-11-21(22)31-16-19-8-5-9-20(12-19)24(28)29/h2-13,15H,14,16H2,1H3,(H,26,27)(H,28,29)/b25-15-. The highest BCUT2D eigenvalue weighted by atomic mass is 16.5. The summed E-state index contributed by atoms with van der Waals surface area (Å²) in [5, 5.41) is 13.1. The summed E-state index contributed by atoms with van der Waals surface area (Å²) in [6.45, 7) is 0.195. The molecule has 0 saturated carbocycles. The molecule has 0 aliphatic rings. The lowest BCUT2D eigenvalue weighted by Gasteiger charge is -2.11.